The van der Waals surface area contributed by atoms with Gasteiger partial charge in [-0.1, -0.05) is 121 Å². The second kappa shape index (κ2) is 9.75. The van der Waals surface area contributed by atoms with E-state index in [1.54, 1.807) is 0 Å². The van der Waals surface area contributed by atoms with E-state index in [9.17, 15) is 0 Å². The van der Waals surface area contributed by atoms with Gasteiger partial charge in [0.15, 0.2) is 17.2 Å². The lowest BCUT2D eigenvalue weighted by atomic mass is 10.0. The Balaban J connectivity index is 1.37. The molecule has 0 aliphatic carbocycles. The molecule has 9 rings (SSSR count). The Kier molecular flexibility index (Phi) is 5.43. The maximum absolute atomic E-state index is 6.69. The zero-order chi connectivity index (χ0) is 29.0. The summed E-state index contributed by atoms with van der Waals surface area (Å²) in [5.41, 5.74) is 7.77. The average molecular weight is 565 g/mol. The van der Waals surface area contributed by atoms with Gasteiger partial charge in [-0.3, -0.25) is 4.57 Å². The minimum atomic E-state index is 0.543. The van der Waals surface area contributed by atoms with Crippen molar-refractivity contribution in [1.29, 1.82) is 0 Å². The molecule has 0 unspecified atom stereocenters. The zero-order valence-corrected chi connectivity index (χ0v) is 23.6. The van der Waals surface area contributed by atoms with Crippen LogP contribution in [0.5, 0.6) is 0 Å². The van der Waals surface area contributed by atoms with Crippen LogP contribution >= 0.6 is 0 Å². The van der Waals surface area contributed by atoms with Gasteiger partial charge in [0.1, 0.15) is 11.1 Å². The van der Waals surface area contributed by atoms with Crippen molar-refractivity contribution in [3.8, 4) is 39.9 Å². The molecule has 0 atom stereocenters. The van der Waals surface area contributed by atoms with Crippen molar-refractivity contribution in [2.45, 2.75) is 0 Å². The fourth-order valence-electron chi connectivity index (χ4n) is 6.20. The molecule has 0 N–H and O–H groups in total. The molecule has 3 aromatic heterocycles. The van der Waals surface area contributed by atoms with Crippen molar-refractivity contribution in [2.24, 2.45) is 0 Å². The van der Waals surface area contributed by atoms with E-state index >= 15 is 0 Å². The van der Waals surface area contributed by atoms with E-state index < -0.39 is 0 Å². The number of benzene rings is 6. The van der Waals surface area contributed by atoms with Crippen LogP contribution in [0.3, 0.4) is 0 Å². The van der Waals surface area contributed by atoms with Gasteiger partial charge in [-0.2, -0.15) is 9.97 Å². The quantitative estimate of drug-likeness (QED) is 0.213. The van der Waals surface area contributed by atoms with Gasteiger partial charge in [-0.15, -0.1) is 0 Å². The number of furan rings is 1. The summed E-state index contributed by atoms with van der Waals surface area (Å²) in [6.07, 6.45) is 0. The van der Waals surface area contributed by atoms with Crippen molar-refractivity contribution in [1.82, 2.24) is 19.5 Å². The summed E-state index contributed by atoms with van der Waals surface area (Å²) >= 11 is 0. The van der Waals surface area contributed by atoms with Gasteiger partial charge in [0, 0.05) is 32.7 Å². The van der Waals surface area contributed by atoms with Crippen LogP contribution in [-0.2, 0) is 0 Å². The molecule has 5 heteroatoms. The van der Waals surface area contributed by atoms with Crippen LogP contribution in [0, 0.1) is 0 Å². The number of para-hydroxylation sites is 1. The number of rotatable bonds is 4. The predicted octanol–water partition coefficient (Wildman–Crippen LogP) is 9.87. The van der Waals surface area contributed by atoms with Gasteiger partial charge in [0.05, 0.1) is 5.52 Å². The summed E-state index contributed by atoms with van der Waals surface area (Å²) < 4.78 is 8.82. The number of hydrogen-bond donors (Lipinski definition) is 0. The summed E-state index contributed by atoms with van der Waals surface area (Å²) in [6, 6.07) is 49.7. The van der Waals surface area contributed by atoms with Gasteiger partial charge < -0.3 is 4.42 Å². The number of aromatic nitrogens is 4. The third kappa shape index (κ3) is 3.83. The molecule has 0 saturated heterocycles. The van der Waals surface area contributed by atoms with E-state index in [1.165, 1.54) is 5.56 Å². The van der Waals surface area contributed by atoms with E-state index in [2.05, 4.69) is 83.4 Å². The summed E-state index contributed by atoms with van der Waals surface area (Å²) in [7, 11) is 0. The van der Waals surface area contributed by atoms with Crippen LogP contribution in [0.1, 0.15) is 0 Å². The molecule has 6 aromatic carbocycles. The highest BCUT2D eigenvalue weighted by Crippen LogP contribution is 2.41. The van der Waals surface area contributed by atoms with Crippen LogP contribution in [0.4, 0.5) is 0 Å². The Morgan fingerprint density at radius 2 is 1.02 bits per heavy atom. The summed E-state index contributed by atoms with van der Waals surface area (Å²) in [5.74, 6) is 1.77. The number of fused-ring (bicyclic) bond motifs is 7. The maximum atomic E-state index is 6.69. The number of nitrogens with zero attached hydrogens (tertiary/aromatic N) is 4. The van der Waals surface area contributed by atoms with Crippen LogP contribution in [0.2, 0.25) is 0 Å². The molecule has 0 spiro atoms. The Morgan fingerprint density at radius 1 is 0.432 bits per heavy atom. The first kappa shape index (κ1) is 24.5. The van der Waals surface area contributed by atoms with Crippen LogP contribution in [0.25, 0.3) is 83.6 Å². The van der Waals surface area contributed by atoms with Crippen LogP contribution < -0.4 is 0 Å². The van der Waals surface area contributed by atoms with E-state index in [4.69, 9.17) is 19.4 Å². The second-order valence-electron chi connectivity index (χ2n) is 10.9. The maximum Gasteiger partial charge on any atom is 0.238 e. The molecule has 0 aliphatic heterocycles. The van der Waals surface area contributed by atoms with Gasteiger partial charge >= 0.3 is 0 Å². The fourth-order valence-corrected chi connectivity index (χ4v) is 6.20. The lowest BCUT2D eigenvalue weighted by Crippen LogP contribution is -2.06. The molecule has 0 radical (unpaired) electrons. The molecule has 0 aliphatic rings. The molecule has 0 bridgehead atoms. The Morgan fingerprint density at radius 3 is 1.70 bits per heavy atom. The summed E-state index contributed by atoms with van der Waals surface area (Å²) in [6.45, 7) is 0. The smallest absolute Gasteiger partial charge is 0.238 e. The standard InChI is InChI=1S/C39H24N4O/c1-4-12-25(13-5-1)28-20-23-34-32(24-28)31-22-21-30-29-18-10-11-19-33(29)43(35(30)36(31)44-34)39-41-37(26-14-6-2-7-15-26)40-38(42-39)27-16-8-3-9-17-27/h1-24H. The third-order valence-corrected chi connectivity index (χ3v) is 8.27. The molecule has 0 fully saturated rings. The minimum Gasteiger partial charge on any atom is -0.454 e. The Hall–Kier alpha value is -6.07. The molecular weight excluding hydrogens is 540 g/mol. The molecule has 0 amide bonds. The van der Waals surface area contributed by atoms with E-state index in [1.807, 2.05) is 66.7 Å². The molecule has 44 heavy (non-hydrogen) atoms. The topological polar surface area (TPSA) is 56.7 Å². The van der Waals surface area contributed by atoms with E-state index in [-0.39, 0.29) is 0 Å². The van der Waals surface area contributed by atoms with Crippen molar-refractivity contribution in [3.63, 3.8) is 0 Å². The predicted molar refractivity (Wildman–Crippen MR) is 178 cm³/mol. The SMILES string of the molecule is c1ccc(-c2ccc3oc4c(ccc5c6ccccc6n(-c6nc(-c7ccccc7)nc(-c7ccccc7)n6)c54)c3c2)cc1. The molecule has 0 saturated carbocycles. The average Bonchev–Trinajstić information content (AvgIpc) is 3.65. The van der Waals surface area contributed by atoms with Gasteiger partial charge in [-0.25, -0.2) is 4.98 Å². The van der Waals surface area contributed by atoms with E-state index in [0.717, 1.165) is 60.4 Å². The molecule has 206 valence electrons. The third-order valence-electron chi connectivity index (χ3n) is 8.27. The molecule has 5 nitrogen and oxygen atoms in total. The largest absolute Gasteiger partial charge is 0.454 e. The summed E-state index contributed by atoms with van der Waals surface area (Å²) in [5, 5.41) is 4.32. The highest BCUT2D eigenvalue weighted by atomic mass is 16.3. The lowest BCUT2D eigenvalue weighted by Gasteiger charge is -2.11. The Labute approximate surface area is 252 Å². The van der Waals surface area contributed by atoms with Gasteiger partial charge in [-0.05, 0) is 35.4 Å². The zero-order valence-electron chi connectivity index (χ0n) is 23.6. The lowest BCUT2D eigenvalue weighted by molar-refractivity contribution is 0.670. The van der Waals surface area contributed by atoms with Crippen molar-refractivity contribution in [2.75, 3.05) is 0 Å². The monoisotopic (exact) mass is 564 g/mol. The molecule has 3 heterocycles. The molecular formula is C39H24N4O. The molecule has 9 aromatic rings. The van der Waals surface area contributed by atoms with Gasteiger partial charge in [0.25, 0.3) is 0 Å². The normalized spacial score (nSPS) is 11.6. The highest BCUT2D eigenvalue weighted by molar-refractivity contribution is 6.21. The first-order valence-corrected chi connectivity index (χ1v) is 14.6. The summed E-state index contributed by atoms with van der Waals surface area (Å²) in [4.78, 5) is 15.1. The van der Waals surface area contributed by atoms with Crippen molar-refractivity contribution < 1.29 is 4.42 Å². The fraction of sp³-hybridized carbons (Fsp3) is 0. The van der Waals surface area contributed by atoms with Crippen LogP contribution in [0.15, 0.2) is 150 Å². The first-order chi connectivity index (χ1) is 21.8. The van der Waals surface area contributed by atoms with E-state index in [0.29, 0.717) is 17.6 Å². The van der Waals surface area contributed by atoms with Gasteiger partial charge in [0.2, 0.25) is 5.95 Å². The Bertz CT molecular complexity index is 2420. The van der Waals surface area contributed by atoms with Crippen molar-refractivity contribution in [3.05, 3.63) is 146 Å². The van der Waals surface area contributed by atoms with Crippen LogP contribution in [-0.4, -0.2) is 19.5 Å². The second-order valence-corrected chi connectivity index (χ2v) is 10.9. The number of hydrogen-bond acceptors (Lipinski definition) is 4. The highest BCUT2D eigenvalue weighted by Gasteiger charge is 2.22. The minimum absolute atomic E-state index is 0.543. The first-order valence-electron chi connectivity index (χ1n) is 14.6. The van der Waals surface area contributed by atoms with Crippen molar-refractivity contribution >= 4 is 43.7 Å².